The normalized spacial score (nSPS) is 18.2. The third-order valence-corrected chi connectivity index (χ3v) is 5.74. The summed E-state index contributed by atoms with van der Waals surface area (Å²) in [5, 5.41) is 2.89. The van der Waals surface area contributed by atoms with E-state index in [1.165, 1.54) is 0 Å². The smallest absolute Gasteiger partial charge is 0.319 e. The number of nitrogens with zero attached hydrogens (tertiary/aromatic N) is 1. The minimum atomic E-state index is -1.24. The Morgan fingerprint density at radius 3 is 2.06 bits per heavy atom. The number of urea groups is 1. The Morgan fingerprint density at radius 1 is 0.839 bits per heavy atom. The maximum atomic E-state index is 13.6. The molecular formula is C26H24N2O3. The molecule has 0 radical (unpaired) electrons. The summed E-state index contributed by atoms with van der Waals surface area (Å²) in [6.45, 7) is 1.75. The number of benzene rings is 3. The van der Waals surface area contributed by atoms with Gasteiger partial charge in [-0.15, -0.1) is 0 Å². The van der Waals surface area contributed by atoms with Gasteiger partial charge in [-0.3, -0.25) is 14.5 Å². The van der Waals surface area contributed by atoms with E-state index < -0.39 is 17.5 Å². The van der Waals surface area contributed by atoms with Crippen molar-refractivity contribution in [3.63, 3.8) is 0 Å². The number of aryl methyl sites for hydroxylation is 1. The lowest BCUT2D eigenvalue weighted by atomic mass is 9.83. The van der Waals surface area contributed by atoms with Crippen LogP contribution in [-0.2, 0) is 23.2 Å². The number of hydrogen-bond acceptors (Lipinski definition) is 3. The number of carbonyl (C=O) groups excluding carboxylic acids is 3. The molecule has 0 aromatic heterocycles. The molecule has 0 bridgehead atoms. The topological polar surface area (TPSA) is 66.5 Å². The van der Waals surface area contributed by atoms with Gasteiger partial charge in [0.1, 0.15) is 0 Å². The van der Waals surface area contributed by atoms with Crippen molar-refractivity contribution >= 4 is 17.7 Å². The second kappa shape index (κ2) is 8.56. The van der Waals surface area contributed by atoms with Gasteiger partial charge in [0.2, 0.25) is 0 Å². The number of Topliss-reactive ketones (excluding diaryl/α,β-unsaturated/α-hetero) is 1. The van der Waals surface area contributed by atoms with E-state index in [0.29, 0.717) is 17.5 Å². The summed E-state index contributed by atoms with van der Waals surface area (Å²) in [6.07, 6.45) is 1.18. The average molecular weight is 412 g/mol. The van der Waals surface area contributed by atoms with Crippen molar-refractivity contribution in [1.82, 2.24) is 10.2 Å². The maximum Gasteiger partial charge on any atom is 0.325 e. The van der Waals surface area contributed by atoms with E-state index in [9.17, 15) is 14.4 Å². The monoisotopic (exact) mass is 412 g/mol. The standard InChI is InChI=1S/C26H24N2O3/c1-2-19-13-15-21(16-14-19)23(29)18-28-24(30)26(27-25(28)31,22-11-7-4-8-12-22)17-20-9-5-3-6-10-20/h3-16H,2,17-18H2,1H3,(H,27,31)/t26-/m0/s1. The number of imide groups is 1. The summed E-state index contributed by atoms with van der Waals surface area (Å²) in [4.78, 5) is 40.3. The molecule has 5 heteroatoms. The van der Waals surface area contributed by atoms with Gasteiger partial charge in [-0.2, -0.15) is 0 Å². The quantitative estimate of drug-likeness (QED) is 0.469. The second-order valence-electron chi connectivity index (χ2n) is 7.73. The molecule has 1 fully saturated rings. The number of rotatable bonds is 7. The molecule has 1 N–H and O–H groups in total. The van der Waals surface area contributed by atoms with Crippen LogP contribution in [0.3, 0.4) is 0 Å². The molecule has 0 spiro atoms. The molecule has 3 aromatic carbocycles. The number of amides is 3. The van der Waals surface area contributed by atoms with Crippen LogP contribution in [0.15, 0.2) is 84.9 Å². The number of nitrogens with one attached hydrogen (secondary N) is 1. The fourth-order valence-electron chi connectivity index (χ4n) is 3.97. The first-order valence-electron chi connectivity index (χ1n) is 10.4. The highest BCUT2D eigenvalue weighted by Gasteiger charge is 2.52. The molecule has 4 rings (SSSR count). The number of ketones is 1. The van der Waals surface area contributed by atoms with Gasteiger partial charge in [-0.05, 0) is 23.1 Å². The Kier molecular flexibility index (Phi) is 5.67. The van der Waals surface area contributed by atoms with E-state index in [1.54, 1.807) is 12.1 Å². The summed E-state index contributed by atoms with van der Waals surface area (Å²) in [5.74, 6) is -0.680. The molecular weight excluding hydrogens is 388 g/mol. The van der Waals surface area contributed by atoms with Crippen molar-refractivity contribution < 1.29 is 14.4 Å². The summed E-state index contributed by atoms with van der Waals surface area (Å²) >= 11 is 0. The van der Waals surface area contributed by atoms with Gasteiger partial charge in [0.15, 0.2) is 11.3 Å². The summed E-state index contributed by atoms with van der Waals surface area (Å²) < 4.78 is 0. The SMILES string of the molecule is CCc1ccc(C(=O)CN2C(=O)N[C@@](Cc3ccccc3)(c3ccccc3)C2=O)cc1. The molecule has 1 atom stereocenters. The Bertz CT molecular complexity index is 1090. The minimum Gasteiger partial charge on any atom is -0.319 e. The molecule has 3 aromatic rings. The van der Waals surface area contributed by atoms with E-state index in [2.05, 4.69) is 5.32 Å². The lowest BCUT2D eigenvalue weighted by Gasteiger charge is -2.27. The van der Waals surface area contributed by atoms with Gasteiger partial charge in [-0.25, -0.2) is 4.79 Å². The van der Waals surface area contributed by atoms with Crippen molar-refractivity contribution in [2.45, 2.75) is 25.3 Å². The van der Waals surface area contributed by atoms with Gasteiger partial charge in [-0.1, -0.05) is 91.9 Å². The minimum absolute atomic E-state index is 0.269. The summed E-state index contributed by atoms with van der Waals surface area (Å²) in [7, 11) is 0. The lowest BCUT2D eigenvalue weighted by Crippen LogP contribution is -2.46. The Hall–Kier alpha value is -3.73. The Balaban J connectivity index is 1.64. The van der Waals surface area contributed by atoms with Crippen LogP contribution in [-0.4, -0.2) is 29.2 Å². The first-order valence-corrected chi connectivity index (χ1v) is 10.4. The second-order valence-corrected chi connectivity index (χ2v) is 7.73. The fraction of sp³-hybridized carbons (Fsp3) is 0.192. The highest BCUT2D eigenvalue weighted by atomic mass is 16.2. The van der Waals surface area contributed by atoms with Crippen molar-refractivity contribution in [3.8, 4) is 0 Å². The van der Waals surface area contributed by atoms with Gasteiger partial charge in [0.25, 0.3) is 5.91 Å². The zero-order valence-corrected chi connectivity index (χ0v) is 17.4. The molecule has 1 aliphatic rings. The first-order chi connectivity index (χ1) is 15.0. The first kappa shape index (κ1) is 20.5. The molecule has 0 saturated carbocycles. The highest BCUT2D eigenvalue weighted by molar-refractivity contribution is 6.11. The van der Waals surface area contributed by atoms with E-state index in [0.717, 1.165) is 22.4 Å². The zero-order chi connectivity index (χ0) is 21.8. The van der Waals surface area contributed by atoms with Crippen LogP contribution in [0.1, 0.15) is 34.0 Å². The van der Waals surface area contributed by atoms with Crippen molar-refractivity contribution in [2.75, 3.05) is 6.54 Å². The van der Waals surface area contributed by atoms with Crippen molar-refractivity contribution in [1.29, 1.82) is 0 Å². The third kappa shape index (κ3) is 3.99. The Morgan fingerprint density at radius 2 is 1.45 bits per heavy atom. The summed E-state index contributed by atoms with van der Waals surface area (Å²) in [5.41, 5.74) is 1.98. The predicted octanol–water partition coefficient (Wildman–Crippen LogP) is 4.12. The fourth-order valence-corrected chi connectivity index (χ4v) is 3.97. The van der Waals surface area contributed by atoms with Crippen LogP contribution in [0.4, 0.5) is 4.79 Å². The zero-order valence-electron chi connectivity index (χ0n) is 17.4. The van der Waals surface area contributed by atoms with Crippen LogP contribution in [0, 0.1) is 0 Å². The van der Waals surface area contributed by atoms with E-state index in [-0.39, 0.29) is 12.3 Å². The molecule has 3 amide bonds. The molecule has 1 saturated heterocycles. The van der Waals surface area contributed by atoms with Gasteiger partial charge in [0, 0.05) is 12.0 Å². The number of hydrogen-bond donors (Lipinski definition) is 1. The lowest BCUT2D eigenvalue weighted by molar-refractivity contribution is -0.131. The molecule has 0 aliphatic carbocycles. The third-order valence-electron chi connectivity index (χ3n) is 5.74. The molecule has 1 aliphatic heterocycles. The van der Waals surface area contributed by atoms with E-state index in [1.807, 2.05) is 79.7 Å². The number of carbonyl (C=O) groups is 3. The van der Waals surface area contributed by atoms with Crippen LogP contribution in [0.5, 0.6) is 0 Å². The molecule has 1 heterocycles. The average Bonchev–Trinajstić information content (AvgIpc) is 3.05. The molecule has 31 heavy (non-hydrogen) atoms. The molecule has 5 nitrogen and oxygen atoms in total. The van der Waals surface area contributed by atoms with Crippen LogP contribution >= 0.6 is 0 Å². The maximum absolute atomic E-state index is 13.6. The van der Waals surface area contributed by atoms with E-state index >= 15 is 0 Å². The van der Waals surface area contributed by atoms with Crippen LogP contribution in [0.2, 0.25) is 0 Å². The van der Waals surface area contributed by atoms with Gasteiger partial charge in [0.05, 0.1) is 6.54 Å². The van der Waals surface area contributed by atoms with E-state index in [4.69, 9.17) is 0 Å². The largest absolute Gasteiger partial charge is 0.325 e. The van der Waals surface area contributed by atoms with Crippen molar-refractivity contribution in [3.05, 3.63) is 107 Å². The van der Waals surface area contributed by atoms with Gasteiger partial charge >= 0.3 is 6.03 Å². The molecule has 156 valence electrons. The molecule has 0 unspecified atom stereocenters. The predicted molar refractivity (Wildman–Crippen MR) is 119 cm³/mol. The van der Waals surface area contributed by atoms with Crippen LogP contribution < -0.4 is 5.32 Å². The Labute approximate surface area is 181 Å². The van der Waals surface area contributed by atoms with Crippen LogP contribution in [0.25, 0.3) is 0 Å². The van der Waals surface area contributed by atoms with Gasteiger partial charge < -0.3 is 5.32 Å². The highest BCUT2D eigenvalue weighted by Crippen LogP contribution is 2.33. The van der Waals surface area contributed by atoms with Crippen molar-refractivity contribution in [2.24, 2.45) is 0 Å². The summed E-state index contributed by atoms with van der Waals surface area (Å²) in [6, 6.07) is 25.5.